The maximum absolute atomic E-state index is 12.9. The van der Waals surface area contributed by atoms with Gasteiger partial charge < -0.3 is 14.5 Å². The zero-order valence-electron chi connectivity index (χ0n) is 18.4. The summed E-state index contributed by atoms with van der Waals surface area (Å²) in [5, 5.41) is 0.413. The van der Waals surface area contributed by atoms with Gasteiger partial charge >= 0.3 is 0 Å². The Morgan fingerprint density at radius 1 is 1.09 bits per heavy atom. The highest BCUT2D eigenvalue weighted by atomic mass is 32.2. The van der Waals surface area contributed by atoms with Crippen LogP contribution in [0.4, 0.5) is 11.4 Å². The number of hydrogen-bond donors (Lipinski definition) is 0. The Bertz CT molecular complexity index is 1110. The number of ether oxygens (including phenoxy) is 1. The van der Waals surface area contributed by atoms with E-state index in [0.29, 0.717) is 16.5 Å². The molecule has 32 heavy (non-hydrogen) atoms. The summed E-state index contributed by atoms with van der Waals surface area (Å²) < 4.78 is 29.7. The second kappa shape index (κ2) is 9.15. The molecule has 2 fully saturated rings. The molecule has 0 N–H and O–H groups in total. The number of anilines is 2. The fourth-order valence-electron chi connectivity index (χ4n) is 4.16. The standard InChI is InChI=1S/C23H27N3O4S2/c1-4-25(5-2)17-8-10-18(11-9-17)26-20-14-32(28,29)15-21(20)31-23(26)24-22(27)16-6-12-19(30-3)13-7-16/h6-13,20-21H,4-5,14-15H2,1-3H3/t20-,21+/m0/s1. The predicted octanol–water partition coefficient (Wildman–Crippen LogP) is 3.46. The monoisotopic (exact) mass is 473 g/mol. The number of benzene rings is 2. The van der Waals surface area contributed by atoms with E-state index in [1.54, 1.807) is 31.4 Å². The maximum Gasteiger partial charge on any atom is 0.279 e. The van der Waals surface area contributed by atoms with Crippen LogP contribution in [0.25, 0.3) is 0 Å². The highest BCUT2D eigenvalue weighted by molar-refractivity contribution is 8.16. The van der Waals surface area contributed by atoms with Gasteiger partial charge in [0.1, 0.15) is 5.75 Å². The molecule has 0 bridgehead atoms. The molecule has 0 unspecified atom stereocenters. The normalized spacial score (nSPS) is 22.7. The minimum Gasteiger partial charge on any atom is -0.497 e. The van der Waals surface area contributed by atoms with Crippen molar-refractivity contribution in [1.82, 2.24) is 0 Å². The minimum absolute atomic E-state index is 0.0677. The first kappa shape index (κ1) is 22.7. The molecular weight excluding hydrogens is 446 g/mol. The van der Waals surface area contributed by atoms with Gasteiger partial charge in [-0.3, -0.25) is 4.79 Å². The van der Waals surface area contributed by atoms with Crippen LogP contribution in [0.15, 0.2) is 53.5 Å². The molecular formula is C23H27N3O4S2. The number of amides is 1. The number of hydrogen-bond acceptors (Lipinski definition) is 6. The second-order valence-electron chi connectivity index (χ2n) is 7.79. The third kappa shape index (κ3) is 4.49. The predicted molar refractivity (Wildman–Crippen MR) is 131 cm³/mol. The Kier molecular flexibility index (Phi) is 6.48. The van der Waals surface area contributed by atoms with Gasteiger partial charge in [0, 0.05) is 35.3 Å². The highest BCUT2D eigenvalue weighted by Crippen LogP contribution is 2.41. The van der Waals surface area contributed by atoms with E-state index in [2.05, 4.69) is 23.7 Å². The van der Waals surface area contributed by atoms with Crippen LogP contribution in [0, 0.1) is 0 Å². The highest BCUT2D eigenvalue weighted by Gasteiger charge is 2.49. The van der Waals surface area contributed by atoms with E-state index >= 15 is 0 Å². The van der Waals surface area contributed by atoms with E-state index in [1.807, 2.05) is 29.2 Å². The lowest BCUT2D eigenvalue weighted by atomic mass is 10.2. The lowest BCUT2D eigenvalue weighted by molar-refractivity contribution is 0.100. The quantitative estimate of drug-likeness (QED) is 0.636. The molecule has 0 saturated carbocycles. The Morgan fingerprint density at radius 3 is 2.34 bits per heavy atom. The number of amidine groups is 1. The largest absolute Gasteiger partial charge is 0.497 e. The van der Waals surface area contributed by atoms with Crippen LogP contribution >= 0.6 is 11.8 Å². The third-order valence-corrected chi connectivity index (χ3v) is 9.07. The molecule has 2 aromatic carbocycles. The van der Waals surface area contributed by atoms with Crippen molar-refractivity contribution in [2.75, 3.05) is 41.5 Å². The number of methoxy groups -OCH3 is 1. The van der Waals surface area contributed by atoms with E-state index in [4.69, 9.17) is 4.74 Å². The van der Waals surface area contributed by atoms with E-state index in [-0.39, 0.29) is 28.7 Å². The number of carbonyl (C=O) groups is 1. The first-order chi connectivity index (χ1) is 15.3. The van der Waals surface area contributed by atoms with Crippen LogP contribution < -0.4 is 14.5 Å². The number of nitrogens with zero attached hydrogens (tertiary/aromatic N) is 3. The first-order valence-electron chi connectivity index (χ1n) is 10.6. The summed E-state index contributed by atoms with van der Waals surface area (Å²) in [6, 6.07) is 14.6. The summed E-state index contributed by atoms with van der Waals surface area (Å²) in [5.41, 5.74) is 2.41. The molecule has 2 heterocycles. The summed E-state index contributed by atoms with van der Waals surface area (Å²) in [5.74, 6) is 0.478. The van der Waals surface area contributed by atoms with Gasteiger partial charge in [-0.2, -0.15) is 4.99 Å². The molecule has 0 aromatic heterocycles. The molecule has 7 nitrogen and oxygen atoms in total. The lowest BCUT2D eigenvalue weighted by Gasteiger charge is -2.26. The molecule has 2 aromatic rings. The van der Waals surface area contributed by atoms with E-state index < -0.39 is 9.84 Å². The number of sulfone groups is 1. The Balaban J connectivity index is 1.66. The Labute approximate surface area is 193 Å². The molecule has 0 aliphatic carbocycles. The van der Waals surface area contributed by atoms with Gasteiger partial charge in [0.25, 0.3) is 5.91 Å². The van der Waals surface area contributed by atoms with Crippen molar-refractivity contribution in [3.8, 4) is 5.75 Å². The van der Waals surface area contributed by atoms with Gasteiger partial charge in [-0.15, -0.1) is 0 Å². The molecule has 2 aliphatic heterocycles. The number of aliphatic imine (C=N–C) groups is 1. The lowest BCUT2D eigenvalue weighted by Crippen LogP contribution is -2.37. The van der Waals surface area contributed by atoms with E-state index in [1.165, 1.54) is 11.8 Å². The molecule has 4 rings (SSSR count). The summed E-state index contributed by atoms with van der Waals surface area (Å²) >= 11 is 1.38. The van der Waals surface area contributed by atoms with Gasteiger partial charge in [0.15, 0.2) is 15.0 Å². The van der Waals surface area contributed by atoms with Gasteiger partial charge in [-0.05, 0) is 62.4 Å². The average Bonchev–Trinajstić information content (AvgIpc) is 3.25. The zero-order valence-corrected chi connectivity index (χ0v) is 20.0. The number of carbonyl (C=O) groups excluding carboxylic acids is 1. The fourth-order valence-corrected chi connectivity index (χ4v) is 8.08. The van der Waals surface area contributed by atoms with Crippen molar-refractivity contribution in [2.45, 2.75) is 25.1 Å². The topological polar surface area (TPSA) is 79.3 Å². The summed E-state index contributed by atoms with van der Waals surface area (Å²) in [6.45, 7) is 6.03. The molecule has 2 aliphatic rings. The zero-order chi connectivity index (χ0) is 22.9. The number of thioether (sulfide) groups is 1. The SMILES string of the molecule is CCN(CC)c1ccc(N2C(=NC(=O)c3ccc(OC)cc3)S[C@@H]3CS(=O)(=O)C[C@@H]32)cc1. The van der Waals surface area contributed by atoms with Gasteiger partial charge in [-0.25, -0.2) is 8.42 Å². The number of rotatable bonds is 6. The van der Waals surface area contributed by atoms with Crippen molar-refractivity contribution < 1.29 is 17.9 Å². The van der Waals surface area contributed by atoms with Crippen LogP contribution in [0.3, 0.4) is 0 Å². The van der Waals surface area contributed by atoms with Crippen molar-refractivity contribution >= 4 is 44.0 Å². The van der Waals surface area contributed by atoms with E-state index in [9.17, 15) is 13.2 Å². The van der Waals surface area contributed by atoms with Crippen molar-refractivity contribution in [3.63, 3.8) is 0 Å². The molecule has 1 amide bonds. The van der Waals surface area contributed by atoms with Crippen LogP contribution in [-0.2, 0) is 9.84 Å². The minimum atomic E-state index is -3.11. The Hall–Kier alpha value is -2.52. The average molecular weight is 474 g/mol. The summed E-state index contributed by atoms with van der Waals surface area (Å²) in [7, 11) is -1.54. The Morgan fingerprint density at radius 2 is 1.75 bits per heavy atom. The molecule has 2 saturated heterocycles. The van der Waals surface area contributed by atoms with Crippen molar-refractivity contribution in [1.29, 1.82) is 0 Å². The van der Waals surface area contributed by atoms with Gasteiger partial charge in [0.2, 0.25) is 0 Å². The van der Waals surface area contributed by atoms with Crippen molar-refractivity contribution in [2.24, 2.45) is 4.99 Å². The van der Waals surface area contributed by atoms with Gasteiger partial charge in [-0.1, -0.05) is 11.8 Å². The van der Waals surface area contributed by atoms with Crippen LogP contribution in [0.2, 0.25) is 0 Å². The molecule has 2 atom stereocenters. The second-order valence-corrected chi connectivity index (χ2v) is 11.1. The fraction of sp³-hybridized carbons (Fsp3) is 0.391. The number of fused-ring (bicyclic) bond motifs is 1. The van der Waals surface area contributed by atoms with Crippen LogP contribution in [-0.4, -0.2) is 62.5 Å². The van der Waals surface area contributed by atoms with Gasteiger partial charge in [0.05, 0.1) is 24.7 Å². The molecule has 0 radical (unpaired) electrons. The first-order valence-corrected chi connectivity index (χ1v) is 13.3. The summed E-state index contributed by atoms with van der Waals surface area (Å²) in [6.07, 6.45) is 0. The van der Waals surface area contributed by atoms with Crippen LogP contribution in [0.1, 0.15) is 24.2 Å². The molecule has 170 valence electrons. The van der Waals surface area contributed by atoms with Crippen molar-refractivity contribution in [3.05, 3.63) is 54.1 Å². The summed E-state index contributed by atoms with van der Waals surface area (Å²) in [4.78, 5) is 21.4. The molecule has 0 spiro atoms. The molecule has 9 heteroatoms. The maximum atomic E-state index is 12.9. The smallest absolute Gasteiger partial charge is 0.279 e. The third-order valence-electron chi connectivity index (χ3n) is 5.86. The van der Waals surface area contributed by atoms with Crippen LogP contribution in [0.5, 0.6) is 5.75 Å². The van der Waals surface area contributed by atoms with E-state index in [0.717, 1.165) is 24.5 Å².